The van der Waals surface area contributed by atoms with E-state index in [4.69, 9.17) is 0 Å². The summed E-state index contributed by atoms with van der Waals surface area (Å²) in [5, 5.41) is 5.01. The van der Waals surface area contributed by atoms with Crippen molar-refractivity contribution in [2.45, 2.75) is 37.5 Å². The molecule has 2 unspecified atom stereocenters. The first-order valence-corrected chi connectivity index (χ1v) is 8.01. The highest BCUT2D eigenvalue weighted by molar-refractivity contribution is 7.99. The topological polar surface area (TPSA) is 51.2 Å². The van der Waals surface area contributed by atoms with Gasteiger partial charge in [-0.3, -0.25) is 0 Å². The number of methoxy groups -OCH3 is 1. The number of thioether (sulfide) groups is 1. The zero-order chi connectivity index (χ0) is 13.0. The number of nitrogens with zero attached hydrogens (tertiary/aromatic N) is 1. The number of aromatic nitrogens is 1. The van der Waals surface area contributed by atoms with Crippen molar-refractivity contribution in [1.29, 1.82) is 0 Å². The van der Waals surface area contributed by atoms with Crippen LogP contribution in [0.3, 0.4) is 0 Å². The molecule has 0 radical (unpaired) electrons. The van der Waals surface area contributed by atoms with Gasteiger partial charge in [0.1, 0.15) is 4.88 Å². The number of hydrogen-bond acceptors (Lipinski definition) is 6. The Labute approximate surface area is 116 Å². The zero-order valence-electron chi connectivity index (χ0n) is 10.6. The molecule has 4 nitrogen and oxygen atoms in total. The maximum Gasteiger partial charge on any atom is 0.349 e. The number of nitrogens with one attached hydrogen (secondary N) is 1. The number of thiazole rings is 1. The van der Waals surface area contributed by atoms with Gasteiger partial charge in [-0.05, 0) is 25.0 Å². The molecule has 0 amide bonds. The van der Waals surface area contributed by atoms with E-state index in [0.717, 1.165) is 10.4 Å². The molecule has 0 bridgehead atoms. The van der Waals surface area contributed by atoms with Crippen LogP contribution in [0.25, 0.3) is 0 Å². The summed E-state index contributed by atoms with van der Waals surface area (Å²) in [6.45, 7) is 2.20. The van der Waals surface area contributed by atoms with Crippen molar-refractivity contribution < 1.29 is 9.53 Å². The fourth-order valence-corrected chi connectivity index (χ4v) is 4.12. The second-order valence-electron chi connectivity index (χ2n) is 4.25. The molecule has 2 rings (SSSR count). The number of carbonyl (C=O) groups excluding carboxylic acids is 1. The summed E-state index contributed by atoms with van der Waals surface area (Å²) in [5.74, 6) is 0.868. The molecule has 1 aliphatic rings. The maximum atomic E-state index is 11.3. The van der Waals surface area contributed by atoms with E-state index in [2.05, 4.69) is 22.0 Å². The number of rotatable bonds is 5. The van der Waals surface area contributed by atoms with Gasteiger partial charge in [0, 0.05) is 11.3 Å². The number of esters is 1. The minimum atomic E-state index is -0.314. The molecule has 18 heavy (non-hydrogen) atoms. The number of carbonyl (C=O) groups is 1. The molecule has 0 spiro atoms. The van der Waals surface area contributed by atoms with E-state index in [0.29, 0.717) is 10.9 Å². The number of anilines is 1. The highest BCUT2D eigenvalue weighted by atomic mass is 32.2. The van der Waals surface area contributed by atoms with E-state index in [1.165, 1.54) is 43.5 Å². The lowest BCUT2D eigenvalue weighted by atomic mass is 10.3. The van der Waals surface area contributed by atoms with Crippen LogP contribution >= 0.6 is 23.1 Å². The average molecular weight is 286 g/mol. The van der Waals surface area contributed by atoms with Crippen molar-refractivity contribution in [3.8, 4) is 0 Å². The molecule has 1 aliphatic carbocycles. The van der Waals surface area contributed by atoms with Gasteiger partial charge in [0.15, 0.2) is 5.13 Å². The van der Waals surface area contributed by atoms with Gasteiger partial charge in [-0.2, -0.15) is 11.8 Å². The molecule has 0 aromatic carbocycles. The molecule has 1 heterocycles. The zero-order valence-corrected chi connectivity index (χ0v) is 12.3. The molecular formula is C12H18N2O2S2. The van der Waals surface area contributed by atoms with Gasteiger partial charge in [-0.25, -0.2) is 9.78 Å². The normalized spacial score (nSPS) is 23.0. The summed E-state index contributed by atoms with van der Waals surface area (Å²) in [6, 6.07) is 0.491. The van der Waals surface area contributed by atoms with Crippen LogP contribution in [0.1, 0.15) is 35.9 Å². The monoisotopic (exact) mass is 286 g/mol. The third-order valence-electron chi connectivity index (χ3n) is 3.01. The quantitative estimate of drug-likeness (QED) is 0.843. The van der Waals surface area contributed by atoms with E-state index in [1.807, 2.05) is 11.8 Å². The van der Waals surface area contributed by atoms with Crippen LogP contribution in [-0.4, -0.2) is 35.1 Å². The largest absolute Gasteiger partial charge is 0.465 e. The van der Waals surface area contributed by atoms with Crippen LogP contribution in [0, 0.1) is 0 Å². The third kappa shape index (κ3) is 3.38. The minimum Gasteiger partial charge on any atom is -0.465 e. The summed E-state index contributed by atoms with van der Waals surface area (Å²) in [4.78, 5) is 16.1. The summed E-state index contributed by atoms with van der Waals surface area (Å²) in [7, 11) is 1.39. The van der Waals surface area contributed by atoms with Crippen LogP contribution in [0.5, 0.6) is 0 Å². The van der Waals surface area contributed by atoms with Crippen molar-refractivity contribution >= 4 is 34.2 Å². The van der Waals surface area contributed by atoms with Crippen LogP contribution in [0.15, 0.2) is 6.20 Å². The first-order valence-electron chi connectivity index (χ1n) is 6.15. The van der Waals surface area contributed by atoms with E-state index < -0.39 is 0 Å². The Hall–Kier alpha value is -0.750. The van der Waals surface area contributed by atoms with Crippen LogP contribution < -0.4 is 5.32 Å². The molecule has 1 N–H and O–H groups in total. The van der Waals surface area contributed by atoms with E-state index >= 15 is 0 Å². The second kappa shape index (κ2) is 6.43. The molecule has 1 aromatic heterocycles. The highest BCUT2D eigenvalue weighted by Crippen LogP contribution is 2.32. The van der Waals surface area contributed by atoms with Crippen molar-refractivity contribution in [3.63, 3.8) is 0 Å². The summed E-state index contributed by atoms with van der Waals surface area (Å²) >= 11 is 3.40. The Morgan fingerprint density at radius 3 is 3.22 bits per heavy atom. The molecule has 100 valence electrons. The first-order chi connectivity index (χ1) is 8.72. The van der Waals surface area contributed by atoms with Crippen molar-refractivity contribution in [3.05, 3.63) is 11.1 Å². The lowest BCUT2D eigenvalue weighted by Crippen LogP contribution is -2.15. The summed E-state index contributed by atoms with van der Waals surface area (Å²) in [5.41, 5.74) is 0. The predicted octanol–water partition coefficient (Wildman–Crippen LogP) is 3.02. The Morgan fingerprint density at radius 1 is 1.67 bits per heavy atom. The van der Waals surface area contributed by atoms with Crippen molar-refractivity contribution in [2.24, 2.45) is 0 Å². The van der Waals surface area contributed by atoms with Crippen LogP contribution in [0.4, 0.5) is 5.13 Å². The second-order valence-corrected chi connectivity index (χ2v) is 6.86. The standard InChI is InChI=1S/C12H18N2O2S2/c1-3-17-9-5-4-8(6-9)14-12-13-7-10(18-12)11(15)16-2/h7-9H,3-6H2,1-2H3,(H,13,14). The van der Waals surface area contributed by atoms with Gasteiger partial charge < -0.3 is 10.1 Å². The van der Waals surface area contributed by atoms with Gasteiger partial charge >= 0.3 is 5.97 Å². The van der Waals surface area contributed by atoms with Crippen molar-refractivity contribution in [1.82, 2.24) is 4.98 Å². The Morgan fingerprint density at radius 2 is 2.50 bits per heavy atom. The Balaban J connectivity index is 1.87. The average Bonchev–Trinajstić information content (AvgIpc) is 2.99. The Kier molecular flexibility index (Phi) is 4.88. The minimum absolute atomic E-state index is 0.314. The fraction of sp³-hybridized carbons (Fsp3) is 0.667. The lowest BCUT2D eigenvalue weighted by molar-refractivity contribution is 0.0606. The maximum absolute atomic E-state index is 11.3. The summed E-state index contributed by atoms with van der Waals surface area (Å²) < 4.78 is 4.67. The molecule has 2 atom stereocenters. The molecule has 0 saturated heterocycles. The van der Waals surface area contributed by atoms with Crippen LogP contribution in [-0.2, 0) is 4.74 Å². The summed E-state index contributed by atoms with van der Waals surface area (Å²) in [6.07, 6.45) is 5.22. The predicted molar refractivity (Wildman–Crippen MR) is 76.6 cm³/mol. The number of hydrogen-bond donors (Lipinski definition) is 1. The molecule has 1 saturated carbocycles. The van der Waals surface area contributed by atoms with Gasteiger partial charge in [0.05, 0.1) is 13.3 Å². The fourth-order valence-electron chi connectivity index (χ4n) is 2.17. The van der Waals surface area contributed by atoms with Gasteiger partial charge in [-0.1, -0.05) is 18.3 Å². The van der Waals surface area contributed by atoms with Crippen LogP contribution in [0.2, 0.25) is 0 Å². The lowest BCUT2D eigenvalue weighted by Gasteiger charge is -2.11. The van der Waals surface area contributed by atoms with E-state index in [1.54, 1.807) is 6.20 Å². The molecular weight excluding hydrogens is 268 g/mol. The molecule has 1 aromatic rings. The third-order valence-corrected chi connectivity index (χ3v) is 5.15. The molecule has 6 heteroatoms. The van der Waals surface area contributed by atoms with Gasteiger partial charge in [-0.15, -0.1) is 0 Å². The van der Waals surface area contributed by atoms with Gasteiger partial charge in [0.2, 0.25) is 0 Å². The highest BCUT2D eigenvalue weighted by Gasteiger charge is 2.25. The first kappa shape index (κ1) is 13.7. The van der Waals surface area contributed by atoms with E-state index in [9.17, 15) is 4.79 Å². The number of ether oxygens (including phenoxy) is 1. The smallest absolute Gasteiger partial charge is 0.349 e. The molecule has 1 fully saturated rings. The van der Waals surface area contributed by atoms with Gasteiger partial charge in [0.25, 0.3) is 0 Å². The molecule has 0 aliphatic heterocycles. The van der Waals surface area contributed by atoms with Crippen molar-refractivity contribution in [2.75, 3.05) is 18.2 Å². The SMILES string of the molecule is CCSC1CCC(Nc2ncc(C(=O)OC)s2)C1. The van der Waals surface area contributed by atoms with E-state index in [-0.39, 0.29) is 5.97 Å². The Bertz CT molecular complexity index is 409.